The first-order chi connectivity index (χ1) is 12.7. The van der Waals surface area contributed by atoms with Gasteiger partial charge in [0.1, 0.15) is 11.5 Å². The van der Waals surface area contributed by atoms with Crippen LogP contribution in [-0.4, -0.2) is 39.1 Å². The van der Waals surface area contributed by atoms with E-state index in [0.717, 1.165) is 0 Å². The predicted molar refractivity (Wildman–Crippen MR) is 89.5 cm³/mol. The Morgan fingerprint density at radius 2 is 2.04 bits per heavy atom. The van der Waals surface area contributed by atoms with Crippen LogP contribution < -0.4 is 5.56 Å². The lowest BCUT2D eigenvalue weighted by atomic mass is 10.2. The number of carbonyl (C=O) groups is 1. The van der Waals surface area contributed by atoms with Crippen molar-refractivity contribution in [3.05, 3.63) is 57.9 Å². The summed E-state index contributed by atoms with van der Waals surface area (Å²) >= 11 is 0. The van der Waals surface area contributed by atoms with Crippen LogP contribution in [0.4, 0.5) is 4.39 Å². The highest BCUT2D eigenvalue weighted by Crippen LogP contribution is 2.53. The van der Waals surface area contributed by atoms with Gasteiger partial charge in [0.15, 0.2) is 11.8 Å². The molecule has 2 fully saturated rings. The Morgan fingerprint density at radius 3 is 2.77 bits per heavy atom. The highest BCUT2D eigenvalue weighted by Gasteiger charge is 2.56. The minimum Gasteiger partial charge on any atom is -0.381 e. The lowest BCUT2D eigenvalue weighted by Gasteiger charge is -2.06. The van der Waals surface area contributed by atoms with Crippen molar-refractivity contribution in [2.75, 3.05) is 13.2 Å². The third-order valence-electron chi connectivity index (χ3n) is 5.33. The molecule has 1 saturated heterocycles. The molecule has 2 aromatic heterocycles. The zero-order chi connectivity index (χ0) is 17.8. The van der Waals surface area contributed by atoms with Gasteiger partial charge in [-0.05, 0) is 6.07 Å². The number of fused-ring (bicyclic) bond motifs is 2. The summed E-state index contributed by atoms with van der Waals surface area (Å²) in [6, 6.07) is 6.32. The zero-order valence-corrected chi connectivity index (χ0v) is 13.7. The van der Waals surface area contributed by atoms with Crippen molar-refractivity contribution in [1.82, 2.24) is 19.6 Å². The van der Waals surface area contributed by atoms with Crippen LogP contribution >= 0.6 is 0 Å². The molecule has 3 heterocycles. The Kier molecular flexibility index (Phi) is 3.30. The van der Waals surface area contributed by atoms with Gasteiger partial charge in [0.25, 0.3) is 5.56 Å². The number of hydrogen-bond donors (Lipinski definition) is 0. The second-order valence-corrected chi connectivity index (χ2v) is 6.76. The summed E-state index contributed by atoms with van der Waals surface area (Å²) in [4.78, 5) is 24.4. The second kappa shape index (κ2) is 5.57. The summed E-state index contributed by atoms with van der Waals surface area (Å²) in [7, 11) is 0. The SMILES string of the molecule is O=Cc1c2cnn([C@@H]3[C@@H]4COC[C@@H]43)c(=O)c2nn1Cc1ccccc1F. The molecule has 0 bridgehead atoms. The Balaban J connectivity index is 1.59. The van der Waals surface area contributed by atoms with Gasteiger partial charge in [-0.3, -0.25) is 14.3 Å². The summed E-state index contributed by atoms with van der Waals surface area (Å²) in [5, 5.41) is 8.95. The molecule has 0 spiro atoms. The van der Waals surface area contributed by atoms with E-state index in [4.69, 9.17) is 4.74 Å². The van der Waals surface area contributed by atoms with E-state index in [9.17, 15) is 14.0 Å². The molecule has 1 aromatic carbocycles. The topological polar surface area (TPSA) is 79.0 Å². The predicted octanol–water partition coefficient (Wildman–Crippen LogP) is 1.41. The van der Waals surface area contributed by atoms with Crippen LogP contribution in [0.15, 0.2) is 35.3 Å². The van der Waals surface area contributed by atoms with Gasteiger partial charge in [-0.2, -0.15) is 10.2 Å². The van der Waals surface area contributed by atoms with E-state index >= 15 is 0 Å². The van der Waals surface area contributed by atoms with Crippen molar-refractivity contribution in [2.24, 2.45) is 11.8 Å². The van der Waals surface area contributed by atoms with Crippen LogP contribution in [0.5, 0.6) is 0 Å². The van der Waals surface area contributed by atoms with Crippen molar-refractivity contribution >= 4 is 17.2 Å². The van der Waals surface area contributed by atoms with Crippen molar-refractivity contribution in [2.45, 2.75) is 12.6 Å². The maximum absolute atomic E-state index is 13.9. The van der Waals surface area contributed by atoms with Crippen molar-refractivity contribution in [1.29, 1.82) is 0 Å². The molecule has 132 valence electrons. The van der Waals surface area contributed by atoms with E-state index in [0.29, 0.717) is 42.3 Å². The van der Waals surface area contributed by atoms with E-state index < -0.39 is 0 Å². The first-order valence-corrected chi connectivity index (χ1v) is 8.43. The van der Waals surface area contributed by atoms with Crippen LogP contribution in [0.2, 0.25) is 0 Å². The summed E-state index contributed by atoms with van der Waals surface area (Å²) in [6.45, 7) is 1.35. The van der Waals surface area contributed by atoms with E-state index in [1.807, 2.05) is 0 Å². The van der Waals surface area contributed by atoms with Crippen LogP contribution in [0.3, 0.4) is 0 Å². The molecule has 3 aromatic rings. The molecule has 0 unspecified atom stereocenters. The maximum Gasteiger partial charge on any atom is 0.295 e. The quantitative estimate of drug-likeness (QED) is 0.662. The first kappa shape index (κ1) is 15.4. The number of ether oxygens (including phenoxy) is 1. The third-order valence-corrected chi connectivity index (χ3v) is 5.33. The largest absolute Gasteiger partial charge is 0.381 e. The molecular weight excluding hydrogens is 339 g/mol. The van der Waals surface area contributed by atoms with Gasteiger partial charge < -0.3 is 4.74 Å². The molecular formula is C18H15FN4O3. The first-order valence-electron chi connectivity index (χ1n) is 8.43. The highest BCUT2D eigenvalue weighted by molar-refractivity contribution is 5.94. The summed E-state index contributed by atoms with van der Waals surface area (Å²) in [6.07, 6.45) is 2.13. The minimum atomic E-state index is -0.384. The number of nitrogens with zero attached hydrogens (tertiary/aromatic N) is 4. The van der Waals surface area contributed by atoms with Crippen LogP contribution in [0.25, 0.3) is 10.9 Å². The van der Waals surface area contributed by atoms with Crippen LogP contribution in [-0.2, 0) is 11.3 Å². The van der Waals surface area contributed by atoms with Gasteiger partial charge in [0, 0.05) is 17.4 Å². The highest BCUT2D eigenvalue weighted by atomic mass is 19.1. The minimum absolute atomic E-state index is 0.0389. The van der Waals surface area contributed by atoms with Gasteiger partial charge in [-0.15, -0.1) is 0 Å². The van der Waals surface area contributed by atoms with E-state index in [-0.39, 0.29) is 35.2 Å². The number of benzene rings is 1. The van der Waals surface area contributed by atoms with E-state index in [1.54, 1.807) is 18.2 Å². The van der Waals surface area contributed by atoms with E-state index in [1.165, 1.54) is 21.6 Å². The average molecular weight is 354 g/mol. The Hall–Kier alpha value is -2.87. The molecule has 5 rings (SSSR count). The summed E-state index contributed by atoms with van der Waals surface area (Å²) in [5.41, 5.74) is 0.478. The number of aldehydes is 1. The summed E-state index contributed by atoms with van der Waals surface area (Å²) < 4.78 is 22.1. The number of hydrogen-bond acceptors (Lipinski definition) is 5. The zero-order valence-electron chi connectivity index (χ0n) is 13.7. The third kappa shape index (κ3) is 2.15. The van der Waals surface area contributed by atoms with Crippen LogP contribution in [0, 0.1) is 17.7 Å². The maximum atomic E-state index is 13.9. The molecule has 26 heavy (non-hydrogen) atoms. The number of carbonyl (C=O) groups excluding carboxylic acids is 1. The smallest absolute Gasteiger partial charge is 0.295 e. The molecule has 0 N–H and O–H groups in total. The fourth-order valence-corrected chi connectivity index (χ4v) is 3.87. The van der Waals surface area contributed by atoms with Gasteiger partial charge in [0.05, 0.1) is 37.4 Å². The normalized spacial score (nSPS) is 24.0. The molecule has 1 aliphatic carbocycles. The Morgan fingerprint density at radius 1 is 1.27 bits per heavy atom. The van der Waals surface area contributed by atoms with Crippen molar-refractivity contribution in [3.63, 3.8) is 0 Å². The van der Waals surface area contributed by atoms with Crippen molar-refractivity contribution in [3.8, 4) is 0 Å². The van der Waals surface area contributed by atoms with Gasteiger partial charge in [-0.25, -0.2) is 9.07 Å². The lowest BCUT2D eigenvalue weighted by Crippen LogP contribution is -2.24. The molecule has 3 atom stereocenters. The monoisotopic (exact) mass is 354 g/mol. The van der Waals surface area contributed by atoms with E-state index in [2.05, 4.69) is 10.2 Å². The van der Waals surface area contributed by atoms with Crippen molar-refractivity contribution < 1.29 is 13.9 Å². The molecule has 1 aliphatic heterocycles. The van der Waals surface area contributed by atoms with Crippen LogP contribution in [0.1, 0.15) is 22.1 Å². The fraction of sp³-hybridized carbons (Fsp3) is 0.333. The second-order valence-electron chi connectivity index (χ2n) is 6.76. The van der Waals surface area contributed by atoms with Gasteiger partial charge in [-0.1, -0.05) is 18.2 Å². The summed E-state index contributed by atoms with van der Waals surface area (Å²) in [5.74, 6) is 0.262. The molecule has 2 aliphatic rings. The molecule has 8 heteroatoms. The molecule has 7 nitrogen and oxygen atoms in total. The average Bonchev–Trinajstić information content (AvgIpc) is 2.98. The van der Waals surface area contributed by atoms with Gasteiger partial charge >= 0.3 is 0 Å². The fourth-order valence-electron chi connectivity index (χ4n) is 3.87. The Labute approximate surface area is 147 Å². The lowest BCUT2D eigenvalue weighted by molar-refractivity contribution is 0.111. The standard InChI is InChI=1S/C18H15FN4O3/c19-14-4-2-1-3-10(14)6-22-15(7-24)11-5-20-23(18(25)16(11)21-22)17-12-8-26-9-13(12)17/h1-5,7,12-13,17H,6,8-9H2/t12-,13+,17-. The molecule has 1 saturated carbocycles. The van der Waals surface area contributed by atoms with Gasteiger partial charge in [0.2, 0.25) is 0 Å². The molecule has 0 amide bonds. The number of halogens is 1. The number of rotatable bonds is 4. The number of aromatic nitrogens is 4. The Bertz CT molecular complexity index is 1080. The molecule has 0 radical (unpaired) electrons.